The molecule has 0 amide bonds. The van der Waals surface area contributed by atoms with Crippen molar-refractivity contribution in [2.75, 3.05) is 0 Å². The molecule has 126 valence electrons. The average molecular weight is 384 g/mol. The van der Waals surface area contributed by atoms with Crippen LogP contribution in [0.15, 0.2) is 34.9 Å². The molecular weight excluding hydrogens is 372 g/mol. The minimum atomic E-state index is -4.40. The van der Waals surface area contributed by atoms with Crippen LogP contribution in [0.5, 0.6) is 0 Å². The standard InChI is InChI=1S/C14H12N2O5S3/c1-7-2-5-10-12(13(7)24(19,20)21)22-14(16-10)8-3-4-9(15)11(6-8)23(17)18/h2-5H,6,15H2,1H3,(H,19,20,21). The summed E-state index contributed by atoms with van der Waals surface area (Å²) in [6, 6.07) is 3.22. The average Bonchev–Trinajstić information content (AvgIpc) is 2.89. The first-order valence-electron chi connectivity index (χ1n) is 6.68. The molecule has 0 atom stereocenters. The van der Waals surface area contributed by atoms with Crippen molar-refractivity contribution in [1.82, 2.24) is 4.98 Å². The van der Waals surface area contributed by atoms with Crippen LogP contribution in [-0.2, 0) is 20.4 Å². The van der Waals surface area contributed by atoms with Gasteiger partial charge in [-0.1, -0.05) is 12.1 Å². The van der Waals surface area contributed by atoms with E-state index in [4.69, 9.17) is 5.73 Å². The summed E-state index contributed by atoms with van der Waals surface area (Å²) in [7, 11) is -6.84. The van der Waals surface area contributed by atoms with E-state index in [9.17, 15) is 21.4 Å². The minimum Gasteiger partial charge on any atom is -0.398 e. The Morgan fingerprint density at radius 2 is 2.00 bits per heavy atom. The van der Waals surface area contributed by atoms with Gasteiger partial charge in [0.2, 0.25) is 10.3 Å². The predicted molar refractivity (Wildman–Crippen MR) is 93.0 cm³/mol. The summed E-state index contributed by atoms with van der Waals surface area (Å²) in [5.41, 5.74) is 7.27. The number of aryl methyl sites for hydroxylation is 1. The Morgan fingerprint density at radius 3 is 2.62 bits per heavy atom. The third-order valence-corrected chi connectivity index (χ3v) is 6.70. The van der Waals surface area contributed by atoms with Crippen LogP contribution in [0.4, 0.5) is 0 Å². The lowest BCUT2D eigenvalue weighted by Gasteiger charge is -2.09. The van der Waals surface area contributed by atoms with Gasteiger partial charge in [-0.15, -0.1) is 11.3 Å². The van der Waals surface area contributed by atoms with Gasteiger partial charge in [0.05, 0.1) is 20.8 Å². The molecule has 0 spiro atoms. The molecule has 24 heavy (non-hydrogen) atoms. The second-order valence-electron chi connectivity index (χ2n) is 5.20. The highest BCUT2D eigenvalue weighted by atomic mass is 32.2. The smallest absolute Gasteiger partial charge is 0.296 e. The van der Waals surface area contributed by atoms with Crippen LogP contribution in [-0.4, -0.2) is 31.2 Å². The van der Waals surface area contributed by atoms with E-state index in [0.717, 1.165) is 11.3 Å². The molecule has 7 nitrogen and oxygen atoms in total. The molecule has 2 aromatic rings. The molecule has 1 aromatic heterocycles. The van der Waals surface area contributed by atoms with E-state index < -0.39 is 20.4 Å². The zero-order valence-electron chi connectivity index (χ0n) is 12.3. The van der Waals surface area contributed by atoms with Crippen molar-refractivity contribution >= 4 is 52.4 Å². The molecule has 0 fully saturated rings. The maximum atomic E-state index is 11.6. The van der Waals surface area contributed by atoms with Gasteiger partial charge in [-0.05, 0) is 30.2 Å². The zero-order valence-corrected chi connectivity index (χ0v) is 14.8. The minimum absolute atomic E-state index is 0.0675. The highest BCUT2D eigenvalue weighted by Crippen LogP contribution is 2.35. The molecule has 3 rings (SSSR count). The first-order chi connectivity index (χ1) is 11.2. The van der Waals surface area contributed by atoms with Gasteiger partial charge in [-0.3, -0.25) is 4.55 Å². The summed E-state index contributed by atoms with van der Waals surface area (Å²) in [6.07, 6.45) is 3.22. The van der Waals surface area contributed by atoms with Gasteiger partial charge in [0, 0.05) is 6.42 Å². The van der Waals surface area contributed by atoms with E-state index >= 15 is 0 Å². The Morgan fingerprint density at radius 1 is 1.29 bits per heavy atom. The molecule has 10 heteroatoms. The number of nitrogens with two attached hydrogens (primary N) is 1. The van der Waals surface area contributed by atoms with Crippen LogP contribution in [0.3, 0.4) is 0 Å². The van der Waals surface area contributed by atoms with E-state index in [1.165, 1.54) is 6.08 Å². The first-order valence-corrected chi connectivity index (χ1v) is 10.0. The second kappa shape index (κ2) is 5.81. The number of rotatable bonds is 2. The number of hydrogen-bond acceptors (Lipinski definition) is 7. The fourth-order valence-corrected chi connectivity index (χ4v) is 5.31. The topological polar surface area (TPSA) is 127 Å². The summed E-state index contributed by atoms with van der Waals surface area (Å²) in [6.45, 7) is 1.58. The highest BCUT2D eigenvalue weighted by Gasteiger charge is 2.23. The van der Waals surface area contributed by atoms with E-state index in [1.54, 1.807) is 25.1 Å². The van der Waals surface area contributed by atoms with E-state index in [-0.39, 0.29) is 21.9 Å². The fourth-order valence-electron chi connectivity index (χ4n) is 2.44. The zero-order chi connectivity index (χ0) is 17.6. The van der Waals surface area contributed by atoms with Gasteiger partial charge in [0.25, 0.3) is 10.1 Å². The third-order valence-electron chi connectivity index (χ3n) is 3.58. The fraction of sp³-hybridized carbons (Fsp3) is 0.143. The second-order valence-corrected chi connectivity index (χ2v) is 8.52. The lowest BCUT2D eigenvalue weighted by molar-refractivity contribution is 0.483. The predicted octanol–water partition coefficient (Wildman–Crippen LogP) is 1.53. The summed E-state index contributed by atoms with van der Waals surface area (Å²) in [4.78, 5) is 4.25. The molecule has 1 heterocycles. The molecule has 1 aliphatic rings. The maximum Gasteiger partial charge on any atom is 0.296 e. The summed E-state index contributed by atoms with van der Waals surface area (Å²) in [5, 5.41) is 0.479. The Hall–Kier alpha value is -2.01. The van der Waals surface area contributed by atoms with Crippen LogP contribution >= 0.6 is 11.3 Å². The monoisotopic (exact) mass is 384 g/mol. The third kappa shape index (κ3) is 2.88. The Labute approximate surface area is 143 Å². The van der Waals surface area contributed by atoms with E-state index in [2.05, 4.69) is 4.98 Å². The molecule has 1 aliphatic carbocycles. The summed E-state index contributed by atoms with van der Waals surface area (Å²) in [5.74, 6) is 0. The molecule has 0 aliphatic heterocycles. The van der Waals surface area contributed by atoms with Gasteiger partial charge in [0.1, 0.15) is 9.90 Å². The van der Waals surface area contributed by atoms with Crippen LogP contribution < -0.4 is 5.73 Å². The van der Waals surface area contributed by atoms with Gasteiger partial charge in [-0.2, -0.15) is 16.8 Å². The van der Waals surface area contributed by atoms with Crippen LogP contribution in [0.2, 0.25) is 0 Å². The molecule has 0 bridgehead atoms. The molecule has 3 N–H and O–H groups in total. The van der Waals surface area contributed by atoms with Gasteiger partial charge < -0.3 is 5.73 Å². The lowest BCUT2D eigenvalue weighted by Crippen LogP contribution is -2.15. The van der Waals surface area contributed by atoms with Gasteiger partial charge in [0.15, 0.2) is 0 Å². The van der Waals surface area contributed by atoms with Gasteiger partial charge in [-0.25, -0.2) is 4.98 Å². The number of nitrogens with zero attached hydrogens (tertiary/aromatic N) is 1. The van der Waals surface area contributed by atoms with Crippen LogP contribution in [0.1, 0.15) is 17.0 Å². The highest BCUT2D eigenvalue weighted by molar-refractivity contribution is 7.86. The molecule has 1 aromatic carbocycles. The number of aromatic nitrogens is 1. The molecule has 0 unspecified atom stereocenters. The maximum absolute atomic E-state index is 11.6. The van der Waals surface area contributed by atoms with Crippen molar-refractivity contribution in [1.29, 1.82) is 0 Å². The van der Waals surface area contributed by atoms with E-state index in [1.807, 2.05) is 0 Å². The number of allylic oxidation sites excluding steroid dienone is 4. The summed E-state index contributed by atoms with van der Waals surface area (Å²) < 4.78 is 55.5. The molecular formula is C14H12N2O5S3. The number of hydrogen-bond donors (Lipinski definition) is 2. The van der Waals surface area contributed by atoms with Crippen LogP contribution in [0, 0.1) is 6.92 Å². The van der Waals surface area contributed by atoms with Crippen molar-refractivity contribution < 1.29 is 21.4 Å². The number of thiazole rings is 1. The van der Waals surface area contributed by atoms with E-state index in [0.29, 0.717) is 26.4 Å². The lowest BCUT2D eigenvalue weighted by atomic mass is 10.0. The van der Waals surface area contributed by atoms with Crippen LogP contribution in [0.25, 0.3) is 15.8 Å². The van der Waals surface area contributed by atoms with Crippen molar-refractivity contribution in [3.8, 4) is 0 Å². The van der Waals surface area contributed by atoms with Crippen molar-refractivity contribution in [3.63, 3.8) is 0 Å². The normalized spacial score (nSPS) is 15.3. The van der Waals surface area contributed by atoms with Crippen molar-refractivity contribution in [2.45, 2.75) is 18.2 Å². The SMILES string of the molecule is Cc1ccc2nc(C3=CC=C(N)C(=S(=O)=O)C3)sc2c1S(=O)(=O)O. The first kappa shape index (κ1) is 16.8. The quantitative estimate of drug-likeness (QED) is 0.593. The van der Waals surface area contributed by atoms with Crippen molar-refractivity contribution in [2.24, 2.45) is 5.73 Å². The number of benzene rings is 1. The summed E-state index contributed by atoms with van der Waals surface area (Å²) >= 11 is 1.08. The largest absolute Gasteiger partial charge is 0.398 e. The van der Waals surface area contributed by atoms with Crippen molar-refractivity contribution in [3.05, 3.63) is 40.6 Å². The Balaban J connectivity index is 2.23. The Kier molecular flexibility index (Phi) is 4.08. The molecule has 0 radical (unpaired) electrons. The Bertz CT molecular complexity index is 1160. The molecule has 0 saturated heterocycles. The number of fused-ring (bicyclic) bond motifs is 1. The molecule has 0 saturated carbocycles. The van der Waals surface area contributed by atoms with Gasteiger partial charge >= 0.3 is 0 Å².